The molecule has 0 N–H and O–H groups in total. The molecule has 0 saturated heterocycles. The molecule has 0 bridgehead atoms. The van der Waals surface area contributed by atoms with Crippen LogP contribution in [-0.4, -0.2) is 5.78 Å². The third kappa shape index (κ3) is 4.77. The van der Waals surface area contributed by atoms with Crippen molar-refractivity contribution in [2.24, 2.45) is 5.41 Å². The van der Waals surface area contributed by atoms with Crippen LogP contribution in [0.5, 0.6) is 0 Å². The maximum absolute atomic E-state index is 11.3. The molecule has 0 spiro atoms. The molecule has 0 aromatic heterocycles. The summed E-state index contributed by atoms with van der Waals surface area (Å²) in [6.45, 7) is 11.6. The summed E-state index contributed by atoms with van der Waals surface area (Å²) in [6.07, 6.45) is 1.47. The maximum atomic E-state index is 11.3. The lowest BCUT2D eigenvalue weighted by Gasteiger charge is -2.15. The van der Waals surface area contributed by atoms with Crippen LogP contribution in [0.15, 0.2) is 12.2 Å². The molecular formula is C10H18O. The number of hydrogen-bond acceptors (Lipinski definition) is 1. The minimum Gasteiger partial charge on any atom is -0.299 e. The maximum Gasteiger partial charge on any atom is 0.138 e. The monoisotopic (exact) mass is 154 g/mol. The van der Waals surface area contributed by atoms with E-state index in [0.29, 0.717) is 12.2 Å². The Balaban J connectivity index is 3.80. The van der Waals surface area contributed by atoms with Crippen LogP contribution in [0.1, 0.15) is 40.5 Å². The van der Waals surface area contributed by atoms with Crippen LogP contribution < -0.4 is 0 Å². The molecule has 64 valence electrons. The molecule has 0 heterocycles. The minimum atomic E-state index is -0.185. The molecule has 0 radical (unpaired) electrons. The third-order valence-electron chi connectivity index (χ3n) is 1.62. The Hall–Kier alpha value is -0.590. The number of Topliss-reactive ketones (excluding diaryl/α,β-unsaturated/α-hetero) is 1. The van der Waals surface area contributed by atoms with Gasteiger partial charge in [0.2, 0.25) is 0 Å². The fourth-order valence-electron chi connectivity index (χ4n) is 0.702. The van der Waals surface area contributed by atoms with Gasteiger partial charge in [-0.25, -0.2) is 0 Å². The average Bonchev–Trinajstić information content (AvgIpc) is 1.80. The van der Waals surface area contributed by atoms with Crippen LogP contribution in [0.4, 0.5) is 0 Å². The zero-order valence-electron chi connectivity index (χ0n) is 8.03. The van der Waals surface area contributed by atoms with Gasteiger partial charge in [0.05, 0.1) is 0 Å². The Morgan fingerprint density at radius 1 is 1.27 bits per heavy atom. The van der Waals surface area contributed by atoms with Crippen LogP contribution in [0, 0.1) is 5.41 Å². The van der Waals surface area contributed by atoms with Gasteiger partial charge in [-0.05, 0) is 13.3 Å². The van der Waals surface area contributed by atoms with Gasteiger partial charge in [0.1, 0.15) is 5.78 Å². The summed E-state index contributed by atoms with van der Waals surface area (Å²) < 4.78 is 0. The highest BCUT2D eigenvalue weighted by molar-refractivity contribution is 5.83. The van der Waals surface area contributed by atoms with Crippen LogP contribution in [0.25, 0.3) is 0 Å². The van der Waals surface area contributed by atoms with Gasteiger partial charge in [-0.3, -0.25) is 4.79 Å². The van der Waals surface area contributed by atoms with Crippen molar-refractivity contribution in [2.45, 2.75) is 40.5 Å². The van der Waals surface area contributed by atoms with Gasteiger partial charge >= 0.3 is 0 Å². The highest BCUT2D eigenvalue weighted by atomic mass is 16.1. The van der Waals surface area contributed by atoms with Crippen molar-refractivity contribution in [3.63, 3.8) is 0 Å². The van der Waals surface area contributed by atoms with Crippen LogP contribution in [0.2, 0.25) is 0 Å². The van der Waals surface area contributed by atoms with Crippen molar-refractivity contribution in [3.8, 4) is 0 Å². The number of hydrogen-bond donors (Lipinski definition) is 0. The van der Waals surface area contributed by atoms with E-state index in [1.54, 1.807) is 0 Å². The third-order valence-corrected chi connectivity index (χ3v) is 1.62. The van der Waals surface area contributed by atoms with Gasteiger partial charge in [0, 0.05) is 11.8 Å². The molecule has 0 aromatic carbocycles. The smallest absolute Gasteiger partial charge is 0.138 e. The van der Waals surface area contributed by atoms with Crippen LogP contribution >= 0.6 is 0 Å². The normalized spacial score (nSPS) is 11.3. The Morgan fingerprint density at radius 3 is 2.00 bits per heavy atom. The van der Waals surface area contributed by atoms with Gasteiger partial charge in [-0.15, -0.1) is 6.58 Å². The minimum absolute atomic E-state index is 0.185. The van der Waals surface area contributed by atoms with Gasteiger partial charge in [-0.1, -0.05) is 26.3 Å². The molecule has 0 aliphatic carbocycles. The summed E-state index contributed by atoms with van der Waals surface area (Å²) in [7, 11) is 0. The molecule has 0 aliphatic rings. The molecular weight excluding hydrogens is 136 g/mol. The highest BCUT2D eigenvalue weighted by Crippen LogP contribution is 2.18. The zero-order valence-corrected chi connectivity index (χ0v) is 8.03. The first-order valence-electron chi connectivity index (χ1n) is 4.01. The Bertz CT molecular complexity index is 160. The predicted octanol–water partition coefficient (Wildman–Crippen LogP) is 2.96. The fraction of sp³-hybridized carbons (Fsp3) is 0.700. The summed E-state index contributed by atoms with van der Waals surface area (Å²) in [6, 6.07) is 0. The largest absolute Gasteiger partial charge is 0.299 e. The summed E-state index contributed by atoms with van der Waals surface area (Å²) >= 11 is 0. The molecule has 0 fully saturated rings. The number of carbonyl (C=O) groups is 1. The molecule has 1 heteroatoms. The molecule has 0 atom stereocenters. The van der Waals surface area contributed by atoms with E-state index in [2.05, 4.69) is 6.58 Å². The van der Waals surface area contributed by atoms with Crippen molar-refractivity contribution in [3.05, 3.63) is 12.2 Å². The fourth-order valence-corrected chi connectivity index (χ4v) is 0.702. The van der Waals surface area contributed by atoms with E-state index in [-0.39, 0.29) is 5.41 Å². The summed E-state index contributed by atoms with van der Waals surface area (Å²) in [5, 5.41) is 0. The predicted molar refractivity (Wildman–Crippen MR) is 48.5 cm³/mol. The van der Waals surface area contributed by atoms with Gasteiger partial charge in [0.15, 0.2) is 0 Å². The Kier molecular flexibility index (Phi) is 3.50. The first-order chi connectivity index (χ1) is 4.84. The standard InChI is InChI=1S/C10H18O/c1-8(2)6-7-9(11)10(3,4)5/h1,6-7H2,2-5H3. The Morgan fingerprint density at radius 2 is 1.73 bits per heavy atom. The van der Waals surface area contributed by atoms with Gasteiger partial charge < -0.3 is 0 Å². The lowest BCUT2D eigenvalue weighted by molar-refractivity contribution is -0.126. The van der Waals surface area contributed by atoms with Gasteiger partial charge in [-0.2, -0.15) is 0 Å². The second-order valence-electron chi connectivity index (χ2n) is 4.13. The van der Waals surface area contributed by atoms with Crippen molar-refractivity contribution >= 4 is 5.78 Å². The van der Waals surface area contributed by atoms with Crippen molar-refractivity contribution in [2.75, 3.05) is 0 Å². The van der Waals surface area contributed by atoms with Crippen LogP contribution in [-0.2, 0) is 4.79 Å². The molecule has 0 unspecified atom stereocenters. The van der Waals surface area contributed by atoms with E-state index >= 15 is 0 Å². The molecule has 1 nitrogen and oxygen atoms in total. The van der Waals surface area contributed by atoms with E-state index < -0.39 is 0 Å². The number of allylic oxidation sites excluding steroid dienone is 1. The summed E-state index contributed by atoms with van der Waals surface area (Å²) in [4.78, 5) is 11.3. The number of carbonyl (C=O) groups excluding carboxylic acids is 1. The van der Waals surface area contributed by atoms with E-state index in [1.165, 1.54) is 0 Å². The van der Waals surface area contributed by atoms with Crippen molar-refractivity contribution in [1.82, 2.24) is 0 Å². The van der Waals surface area contributed by atoms with E-state index in [1.807, 2.05) is 27.7 Å². The van der Waals surface area contributed by atoms with Crippen molar-refractivity contribution in [1.29, 1.82) is 0 Å². The quantitative estimate of drug-likeness (QED) is 0.571. The molecule has 0 aliphatic heterocycles. The SMILES string of the molecule is C=C(C)CCC(=O)C(C)(C)C. The van der Waals surface area contributed by atoms with Crippen LogP contribution in [0.3, 0.4) is 0 Å². The second-order valence-corrected chi connectivity index (χ2v) is 4.13. The van der Waals surface area contributed by atoms with E-state index in [9.17, 15) is 4.79 Å². The second kappa shape index (κ2) is 3.70. The van der Waals surface area contributed by atoms with Gasteiger partial charge in [0.25, 0.3) is 0 Å². The summed E-state index contributed by atoms with van der Waals surface area (Å²) in [5.74, 6) is 0.320. The first-order valence-corrected chi connectivity index (χ1v) is 4.01. The van der Waals surface area contributed by atoms with Crippen molar-refractivity contribution < 1.29 is 4.79 Å². The Labute approximate surface area is 69.5 Å². The molecule has 11 heavy (non-hydrogen) atoms. The van der Waals surface area contributed by atoms with E-state index in [0.717, 1.165) is 12.0 Å². The zero-order chi connectivity index (χ0) is 9.07. The first kappa shape index (κ1) is 10.4. The molecule has 0 aromatic rings. The number of ketones is 1. The lowest BCUT2D eigenvalue weighted by atomic mass is 9.88. The number of rotatable bonds is 3. The molecule has 0 saturated carbocycles. The van der Waals surface area contributed by atoms with E-state index in [4.69, 9.17) is 0 Å². The lowest BCUT2D eigenvalue weighted by Crippen LogP contribution is -2.19. The average molecular weight is 154 g/mol. The topological polar surface area (TPSA) is 17.1 Å². The summed E-state index contributed by atoms with van der Waals surface area (Å²) in [5.41, 5.74) is 0.901. The highest BCUT2D eigenvalue weighted by Gasteiger charge is 2.19. The molecule has 0 amide bonds. The molecule has 0 rings (SSSR count).